The maximum absolute atomic E-state index is 11.7. The molecular formula is C20H23NO2. The van der Waals surface area contributed by atoms with Crippen LogP contribution in [0.4, 0.5) is 0 Å². The van der Waals surface area contributed by atoms with Gasteiger partial charge in [0.1, 0.15) is 12.4 Å². The number of amides is 1. The topological polar surface area (TPSA) is 38.3 Å². The Balaban J connectivity index is 1.88. The third-order valence-electron chi connectivity index (χ3n) is 3.36. The van der Waals surface area contributed by atoms with Crippen molar-refractivity contribution < 1.29 is 9.53 Å². The molecule has 2 aromatic rings. The van der Waals surface area contributed by atoms with Crippen molar-refractivity contribution in [2.75, 3.05) is 6.54 Å². The highest BCUT2D eigenvalue weighted by molar-refractivity contribution is 5.91. The summed E-state index contributed by atoms with van der Waals surface area (Å²) in [6.07, 6.45) is 5.44. The van der Waals surface area contributed by atoms with Gasteiger partial charge >= 0.3 is 0 Å². The number of unbranched alkanes of at least 4 members (excludes halogenated alkanes) is 1. The number of benzene rings is 2. The first-order chi connectivity index (χ1) is 11.3. The molecule has 0 unspecified atom stereocenters. The molecule has 0 radical (unpaired) electrons. The molecule has 0 aromatic heterocycles. The minimum absolute atomic E-state index is 0.0611. The van der Waals surface area contributed by atoms with Crippen LogP contribution >= 0.6 is 0 Å². The van der Waals surface area contributed by atoms with Gasteiger partial charge in [-0.1, -0.05) is 55.8 Å². The molecule has 0 aliphatic rings. The van der Waals surface area contributed by atoms with Crippen molar-refractivity contribution in [3.05, 3.63) is 71.8 Å². The van der Waals surface area contributed by atoms with E-state index in [1.54, 1.807) is 12.2 Å². The van der Waals surface area contributed by atoms with Crippen LogP contribution in [-0.4, -0.2) is 12.5 Å². The maximum Gasteiger partial charge on any atom is 0.243 e. The van der Waals surface area contributed by atoms with Gasteiger partial charge in [0.25, 0.3) is 0 Å². The van der Waals surface area contributed by atoms with Gasteiger partial charge in [-0.3, -0.25) is 4.79 Å². The van der Waals surface area contributed by atoms with Gasteiger partial charge in [0.15, 0.2) is 0 Å². The van der Waals surface area contributed by atoms with Crippen LogP contribution in [-0.2, 0) is 11.4 Å². The van der Waals surface area contributed by atoms with E-state index in [1.165, 1.54) is 0 Å². The van der Waals surface area contributed by atoms with Gasteiger partial charge in [-0.15, -0.1) is 0 Å². The predicted octanol–water partition coefficient (Wildman–Crippen LogP) is 4.20. The molecule has 3 nitrogen and oxygen atoms in total. The third kappa shape index (κ3) is 6.39. The van der Waals surface area contributed by atoms with E-state index in [2.05, 4.69) is 12.2 Å². The molecular weight excluding hydrogens is 286 g/mol. The lowest BCUT2D eigenvalue weighted by atomic mass is 10.2. The molecule has 0 spiro atoms. The number of hydrogen-bond donors (Lipinski definition) is 1. The van der Waals surface area contributed by atoms with Crippen LogP contribution in [0.25, 0.3) is 6.08 Å². The van der Waals surface area contributed by atoms with Gasteiger partial charge in [0.2, 0.25) is 5.91 Å². The average Bonchev–Trinajstić information content (AvgIpc) is 2.60. The van der Waals surface area contributed by atoms with Crippen LogP contribution in [0.5, 0.6) is 5.75 Å². The number of carbonyl (C=O) groups is 1. The van der Waals surface area contributed by atoms with E-state index in [0.29, 0.717) is 6.61 Å². The van der Waals surface area contributed by atoms with E-state index in [4.69, 9.17) is 4.74 Å². The van der Waals surface area contributed by atoms with Gasteiger partial charge in [-0.25, -0.2) is 0 Å². The first-order valence-electron chi connectivity index (χ1n) is 8.00. The van der Waals surface area contributed by atoms with E-state index in [9.17, 15) is 4.79 Å². The van der Waals surface area contributed by atoms with Gasteiger partial charge in [0, 0.05) is 12.6 Å². The summed E-state index contributed by atoms with van der Waals surface area (Å²) < 4.78 is 5.78. The lowest BCUT2D eigenvalue weighted by molar-refractivity contribution is -0.116. The minimum atomic E-state index is -0.0611. The van der Waals surface area contributed by atoms with Gasteiger partial charge in [-0.2, -0.15) is 0 Å². The molecule has 1 N–H and O–H groups in total. The van der Waals surface area contributed by atoms with Crippen molar-refractivity contribution in [1.29, 1.82) is 0 Å². The van der Waals surface area contributed by atoms with E-state index >= 15 is 0 Å². The highest BCUT2D eigenvalue weighted by Gasteiger charge is 1.98. The summed E-state index contributed by atoms with van der Waals surface area (Å²) in [5.41, 5.74) is 2.07. The first-order valence-corrected chi connectivity index (χ1v) is 8.00. The summed E-state index contributed by atoms with van der Waals surface area (Å²) in [4.78, 5) is 11.7. The van der Waals surface area contributed by atoms with E-state index in [0.717, 1.165) is 36.3 Å². The zero-order valence-electron chi connectivity index (χ0n) is 13.5. The van der Waals surface area contributed by atoms with Crippen molar-refractivity contribution in [1.82, 2.24) is 5.32 Å². The zero-order valence-corrected chi connectivity index (χ0v) is 13.5. The summed E-state index contributed by atoms with van der Waals surface area (Å²) in [7, 11) is 0. The zero-order chi connectivity index (χ0) is 16.3. The molecule has 23 heavy (non-hydrogen) atoms. The third-order valence-corrected chi connectivity index (χ3v) is 3.36. The Kier molecular flexibility index (Phi) is 6.92. The Morgan fingerprint density at radius 2 is 1.96 bits per heavy atom. The lowest BCUT2D eigenvalue weighted by Crippen LogP contribution is -2.21. The van der Waals surface area contributed by atoms with Crippen LogP contribution in [0.3, 0.4) is 0 Å². The smallest absolute Gasteiger partial charge is 0.243 e. The summed E-state index contributed by atoms with van der Waals surface area (Å²) in [5, 5.41) is 2.86. The van der Waals surface area contributed by atoms with Crippen molar-refractivity contribution in [3.63, 3.8) is 0 Å². The second-order valence-corrected chi connectivity index (χ2v) is 5.32. The van der Waals surface area contributed by atoms with Gasteiger partial charge in [0.05, 0.1) is 0 Å². The van der Waals surface area contributed by atoms with E-state index in [-0.39, 0.29) is 5.91 Å². The van der Waals surface area contributed by atoms with Crippen LogP contribution in [0.2, 0.25) is 0 Å². The van der Waals surface area contributed by atoms with Crippen molar-refractivity contribution >= 4 is 12.0 Å². The molecule has 2 rings (SSSR count). The molecule has 2 aromatic carbocycles. The molecule has 0 heterocycles. The summed E-state index contributed by atoms with van der Waals surface area (Å²) in [6.45, 7) is 3.36. The molecule has 0 saturated carbocycles. The molecule has 3 heteroatoms. The molecule has 0 saturated heterocycles. The molecule has 0 aliphatic heterocycles. The number of rotatable bonds is 8. The van der Waals surface area contributed by atoms with Crippen molar-refractivity contribution in [2.24, 2.45) is 0 Å². The summed E-state index contributed by atoms with van der Waals surface area (Å²) in [5.74, 6) is 0.733. The Bertz CT molecular complexity index is 635. The number of carbonyl (C=O) groups excluding carboxylic acids is 1. The van der Waals surface area contributed by atoms with E-state index < -0.39 is 0 Å². The van der Waals surface area contributed by atoms with Crippen molar-refractivity contribution in [2.45, 2.75) is 26.4 Å². The SMILES string of the molecule is CCCCNC(=O)/C=C/c1cccc(OCc2ccccc2)c1. The Hall–Kier alpha value is -2.55. The van der Waals surface area contributed by atoms with Crippen LogP contribution in [0.15, 0.2) is 60.7 Å². The van der Waals surface area contributed by atoms with Crippen LogP contribution < -0.4 is 10.1 Å². The Labute approximate surface area is 138 Å². The monoisotopic (exact) mass is 309 g/mol. The highest BCUT2D eigenvalue weighted by atomic mass is 16.5. The van der Waals surface area contributed by atoms with Gasteiger partial charge in [-0.05, 0) is 35.8 Å². The molecule has 0 atom stereocenters. The predicted molar refractivity (Wildman–Crippen MR) is 94.2 cm³/mol. The number of nitrogens with one attached hydrogen (secondary N) is 1. The van der Waals surface area contributed by atoms with Crippen molar-refractivity contribution in [3.8, 4) is 5.75 Å². The summed E-state index contributed by atoms with van der Waals surface area (Å²) in [6, 6.07) is 17.8. The largest absolute Gasteiger partial charge is 0.489 e. The number of ether oxygens (including phenoxy) is 1. The Morgan fingerprint density at radius 3 is 2.74 bits per heavy atom. The van der Waals surface area contributed by atoms with Crippen LogP contribution in [0.1, 0.15) is 30.9 Å². The molecule has 0 aliphatic carbocycles. The van der Waals surface area contributed by atoms with Crippen LogP contribution in [0, 0.1) is 0 Å². The first kappa shape index (κ1) is 16.8. The minimum Gasteiger partial charge on any atom is -0.489 e. The van der Waals surface area contributed by atoms with E-state index in [1.807, 2.05) is 54.6 Å². The Morgan fingerprint density at radius 1 is 1.13 bits per heavy atom. The fraction of sp³-hybridized carbons (Fsp3) is 0.250. The molecule has 120 valence electrons. The van der Waals surface area contributed by atoms with Gasteiger partial charge < -0.3 is 10.1 Å². The summed E-state index contributed by atoms with van der Waals surface area (Å²) >= 11 is 0. The standard InChI is InChI=1S/C20H23NO2/c1-2-3-14-21-20(22)13-12-17-10-7-11-19(15-17)23-16-18-8-5-4-6-9-18/h4-13,15H,2-3,14,16H2,1H3,(H,21,22)/b13-12+. The normalized spacial score (nSPS) is 10.7. The molecule has 1 amide bonds. The quantitative estimate of drug-likeness (QED) is 0.586. The fourth-order valence-electron chi connectivity index (χ4n) is 2.07. The number of hydrogen-bond acceptors (Lipinski definition) is 2. The maximum atomic E-state index is 11.7. The second-order valence-electron chi connectivity index (χ2n) is 5.32. The second kappa shape index (κ2) is 9.46. The fourth-order valence-corrected chi connectivity index (χ4v) is 2.07. The lowest BCUT2D eigenvalue weighted by Gasteiger charge is -2.07. The molecule has 0 fully saturated rings. The molecule has 0 bridgehead atoms. The highest BCUT2D eigenvalue weighted by Crippen LogP contribution is 2.16. The average molecular weight is 309 g/mol.